The van der Waals surface area contributed by atoms with E-state index in [1.807, 2.05) is 42.5 Å². The maximum Gasteiger partial charge on any atom is 1.00 e. The molecule has 3 aliphatic rings. The fourth-order valence-electron chi connectivity index (χ4n) is 6.36. The second kappa shape index (κ2) is 30.5. The Hall–Kier alpha value is -1.59. The van der Waals surface area contributed by atoms with E-state index >= 15 is 0 Å². The van der Waals surface area contributed by atoms with Gasteiger partial charge in [-0.3, -0.25) is 14.8 Å². The summed E-state index contributed by atoms with van der Waals surface area (Å²) in [7, 11) is 19.8. The van der Waals surface area contributed by atoms with Crippen molar-refractivity contribution >= 4 is 83.4 Å². The van der Waals surface area contributed by atoms with E-state index in [2.05, 4.69) is 12.1 Å². The zero-order valence-corrected chi connectivity index (χ0v) is 41.9. The van der Waals surface area contributed by atoms with Gasteiger partial charge in [0.15, 0.2) is 0 Å². The molecule has 1 saturated carbocycles. The van der Waals surface area contributed by atoms with Gasteiger partial charge in [0.25, 0.3) is 0 Å². The first kappa shape index (κ1) is 53.4. The molecule has 0 aliphatic heterocycles. The molecule has 55 heavy (non-hydrogen) atoms. The fourth-order valence-corrected chi connectivity index (χ4v) is 6.36. The van der Waals surface area contributed by atoms with E-state index < -0.39 is 30.3 Å². The quantitative estimate of drug-likeness (QED) is 0.102. The number of hydrogen-bond donors (Lipinski definition) is 3. The van der Waals surface area contributed by atoms with Crippen LogP contribution in [-0.4, -0.2) is 21.2 Å². The van der Waals surface area contributed by atoms with Crippen molar-refractivity contribution in [3.8, 4) is 6.07 Å². The summed E-state index contributed by atoms with van der Waals surface area (Å²) in [6.07, 6.45) is 14.6. The molecule has 0 bridgehead atoms. The second-order valence-corrected chi connectivity index (χ2v) is 21.6. The Balaban J connectivity index is 0. The first-order valence-corrected chi connectivity index (χ1v) is 33.2. The maximum atomic E-state index is 10.5. The number of nitrogen functional groups attached to an aromatic ring is 3. The smallest absolute Gasteiger partial charge is 0.870 e. The minimum absolute atomic E-state index is 0. The third-order valence-electron chi connectivity index (χ3n) is 8.92. The third kappa shape index (κ3) is 17.4. The summed E-state index contributed by atoms with van der Waals surface area (Å²) in [5, 5.41) is 10.6. The number of para-hydroxylation sites is 3. The summed E-state index contributed by atoms with van der Waals surface area (Å²) in [5.41, 5.74) is 27.9. The Bertz CT molecular complexity index is 1840. The number of nitrogens with two attached hydrogens (primary N) is 3. The molecule has 8 rings (SSSR count). The zero-order chi connectivity index (χ0) is 37.7. The Kier molecular flexibility index (Phi) is 29.6. The van der Waals surface area contributed by atoms with Gasteiger partial charge in [0.1, 0.15) is 11.9 Å². The molecule has 15 heteroatoms. The Morgan fingerprint density at radius 2 is 0.964 bits per heavy atom. The van der Waals surface area contributed by atoms with Crippen molar-refractivity contribution in [2.45, 2.75) is 90.9 Å². The summed E-state index contributed by atoms with van der Waals surface area (Å²) >= 11 is -1.86. The molecule has 8 nitrogen and oxygen atoms in total. The van der Waals surface area contributed by atoms with Crippen LogP contribution in [0.2, 0.25) is 0 Å². The molecule has 3 aromatic carbocycles. The van der Waals surface area contributed by atoms with Crippen molar-refractivity contribution < 1.29 is 71.5 Å². The number of halogens is 4. The van der Waals surface area contributed by atoms with Crippen LogP contribution in [0.15, 0.2) is 72.8 Å². The minimum atomic E-state index is -0.931. The Morgan fingerprint density at radius 1 is 0.600 bits per heavy atom. The molecule has 2 heterocycles. The maximum absolute atomic E-state index is 10.5. The number of anilines is 3. The molecule has 7 N–H and O–H groups in total. The standard InChI is InChI=1S/2C13H14N2.C7H6N2.C6H10O.CH4.4ClH.Na.H2O.2Zn.H2/c2*14-13-9-5-1-3-7-11(9)15-12-8-4-2-6-10(12)13;8-5-6-3-1-2-4-7(6)9;7-6-4-2-1-3-5-6;;;;;;;;;;/h2*1,3,5,7H,2,4,6,8H2,(H2,14,15);1-4H,9H2;1-5H2;1H4;4*1H;;1H2;;;1H/q;;;;;;;;;+1;;2*+2;/p-5/i;;;;;;;;;;;;;1+1. The van der Waals surface area contributed by atoms with Gasteiger partial charge in [0.05, 0.1) is 16.6 Å². The van der Waals surface area contributed by atoms with Crippen molar-refractivity contribution in [2.24, 2.45) is 0 Å². The van der Waals surface area contributed by atoms with Crippen molar-refractivity contribution in [1.29, 1.82) is 5.26 Å². The van der Waals surface area contributed by atoms with Crippen LogP contribution in [0.1, 0.15) is 94.7 Å². The van der Waals surface area contributed by atoms with E-state index in [1.165, 1.54) is 54.6 Å². The van der Waals surface area contributed by atoms with Gasteiger partial charge in [-0.25, -0.2) is 0 Å². The topological polar surface area (TPSA) is 175 Å². The summed E-state index contributed by atoms with van der Waals surface area (Å²) in [6, 6.07) is 25.2. The summed E-state index contributed by atoms with van der Waals surface area (Å²) in [5.74, 6) is 0.464. The van der Waals surface area contributed by atoms with Crippen LogP contribution in [0.5, 0.6) is 0 Å². The number of nitriles is 1. The molecule has 1 fully saturated rings. The van der Waals surface area contributed by atoms with Gasteiger partial charge in [0, 0.05) is 53.5 Å². The van der Waals surface area contributed by atoms with E-state index in [0.29, 0.717) is 17.0 Å². The van der Waals surface area contributed by atoms with Gasteiger partial charge in [-0.05, 0) is 99.6 Å². The van der Waals surface area contributed by atoms with E-state index in [4.69, 9.17) is 71.2 Å². The number of carbonyl (C=O) groups is 1. The summed E-state index contributed by atoms with van der Waals surface area (Å²) < 4.78 is 0. The first-order chi connectivity index (χ1) is 25.3. The Morgan fingerprint density at radius 3 is 1.33 bits per heavy atom. The van der Waals surface area contributed by atoms with Crippen molar-refractivity contribution in [3.63, 3.8) is 0 Å². The van der Waals surface area contributed by atoms with Crippen LogP contribution in [0.3, 0.4) is 0 Å². The normalized spacial score (nSPS) is 12.9. The van der Waals surface area contributed by atoms with Crippen LogP contribution in [0, 0.1) is 11.3 Å². The molecule has 0 saturated heterocycles. The number of fused-ring (bicyclic) bond motifs is 4. The predicted octanol–water partition coefficient (Wildman–Crippen LogP) is 8.51. The van der Waals surface area contributed by atoms with Crippen molar-refractivity contribution in [3.05, 3.63) is 101 Å². The number of benzene rings is 3. The molecule has 5 aromatic rings. The predicted molar refractivity (Wildman–Crippen MR) is 223 cm³/mol. The second-order valence-electron chi connectivity index (χ2n) is 12.4. The van der Waals surface area contributed by atoms with Gasteiger partial charge in [-0.2, -0.15) is 5.26 Å². The average Bonchev–Trinajstić information content (AvgIpc) is 3.17. The average molecular weight is 944 g/mol. The molecule has 0 spiro atoms. The SMILES string of the molecule is C.N#Cc1ccccc1N.Nc1c2c(nc3ccccc13)CCCC2.Nc1c2c(nc3ccccc13)CCCC2.O=C1CCCCC1.[2HH].[Cl][Zn][Cl].[Cl][Zn][Cl].[Na+].[OH-]. The van der Waals surface area contributed by atoms with E-state index in [1.54, 1.807) is 24.3 Å². The molecule has 3 aliphatic carbocycles. The number of pyridine rings is 2. The van der Waals surface area contributed by atoms with E-state index in [0.717, 1.165) is 84.5 Å². The fraction of sp³-hybridized carbons (Fsp3) is 0.350. The monoisotopic (exact) mass is 939 g/mol. The van der Waals surface area contributed by atoms with Crippen LogP contribution in [0.4, 0.5) is 17.1 Å². The van der Waals surface area contributed by atoms with Crippen LogP contribution in [0.25, 0.3) is 21.8 Å². The van der Waals surface area contributed by atoms with Crippen LogP contribution in [-0.2, 0) is 60.8 Å². The number of nitrogens with zero attached hydrogens (tertiary/aromatic N) is 3. The van der Waals surface area contributed by atoms with E-state index in [-0.39, 0.29) is 43.9 Å². The number of Topliss-reactive ketones (excluding diaryl/α,β-unsaturated/α-hetero) is 1. The summed E-state index contributed by atoms with van der Waals surface area (Å²) in [4.78, 5) is 19.9. The minimum Gasteiger partial charge on any atom is -0.870 e. The molecular weight excluding hydrogens is 892 g/mol. The van der Waals surface area contributed by atoms with Crippen molar-refractivity contribution in [1.82, 2.24) is 9.97 Å². The van der Waals surface area contributed by atoms with Gasteiger partial charge in [-0.15, -0.1) is 0 Å². The van der Waals surface area contributed by atoms with E-state index in [9.17, 15) is 4.79 Å². The van der Waals surface area contributed by atoms with Crippen molar-refractivity contribution in [2.75, 3.05) is 17.2 Å². The molecule has 0 amide bonds. The third-order valence-corrected chi connectivity index (χ3v) is 8.92. The van der Waals surface area contributed by atoms with Gasteiger partial charge in [-0.1, -0.05) is 62.4 Å². The molecular formula is C40H51Cl4N6NaO2Zn2. The van der Waals surface area contributed by atoms with Crippen LogP contribution >= 0.6 is 38.8 Å². The number of ketones is 1. The zero-order valence-electron chi connectivity index (χ0n) is 31.0. The van der Waals surface area contributed by atoms with Gasteiger partial charge < -0.3 is 22.7 Å². The molecule has 286 valence electrons. The molecule has 0 radical (unpaired) electrons. The number of rotatable bonds is 0. The van der Waals surface area contributed by atoms with Gasteiger partial charge >= 0.3 is 98.6 Å². The van der Waals surface area contributed by atoms with Gasteiger partial charge in [0.2, 0.25) is 0 Å². The summed E-state index contributed by atoms with van der Waals surface area (Å²) in [6.45, 7) is 0. The molecule has 2 aromatic heterocycles. The van der Waals surface area contributed by atoms with Crippen LogP contribution < -0.4 is 46.8 Å². The molecule has 0 atom stereocenters. The first-order valence-electron chi connectivity index (χ1n) is 17.6. The molecule has 0 unspecified atom stereocenters. The number of aromatic nitrogens is 2. The number of carbonyl (C=O) groups excluding carboxylic acids is 1. The number of aryl methyl sites for hydroxylation is 2. The number of hydrogen-bond acceptors (Lipinski definition) is 8. The largest absolute Gasteiger partial charge is 1.00 e. The Labute approximate surface area is 381 Å².